The number of nitrogens with zero attached hydrogens (tertiary/aromatic N) is 3. The molecule has 27 heavy (non-hydrogen) atoms. The maximum absolute atomic E-state index is 12.7. The lowest BCUT2D eigenvalue weighted by atomic mass is 10.3. The number of ether oxygens (including phenoxy) is 1. The van der Waals surface area contributed by atoms with E-state index in [1.807, 2.05) is 47.8 Å². The first-order chi connectivity index (χ1) is 13.1. The number of carbonyl (C=O) groups excluding carboxylic acids is 1. The highest BCUT2D eigenvalue weighted by Crippen LogP contribution is 2.33. The minimum absolute atomic E-state index is 0.192. The normalized spacial score (nSPS) is 10.7. The van der Waals surface area contributed by atoms with Crippen molar-refractivity contribution < 1.29 is 9.53 Å². The summed E-state index contributed by atoms with van der Waals surface area (Å²) in [5, 5.41) is 9.49. The monoisotopic (exact) mass is 416 g/mol. The first-order valence-electron chi connectivity index (χ1n) is 7.85. The Morgan fingerprint density at radius 3 is 2.74 bits per heavy atom. The second-order valence-corrected chi connectivity index (χ2v) is 8.00. The largest absolute Gasteiger partial charge is 0.493 e. The van der Waals surface area contributed by atoms with Gasteiger partial charge in [0.2, 0.25) is 0 Å². The van der Waals surface area contributed by atoms with Crippen molar-refractivity contribution in [1.82, 2.24) is 14.8 Å². The van der Waals surface area contributed by atoms with Crippen molar-refractivity contribution in [1.29, 1.82) is 0 Å². The van der Waals surface area contributed by atoms with Crippen LogP contribution in [0.1, 0.15) is 10.5 Å². The number of amides is 1. The number of anilines is 1. The number of halogens is 1. The summed E-state index contributed by atoms with van der Waals surface area (Å²) >= 11 is 8.74. The molecule has 0 radical (unpaired) electrons. The number of benzene rings is 1. The molecule has 1 N–H and O–H groups in total. The fourth-order valence-corrected chi connectivity index (χ4v) is 4.21. The molecule has 1 amide bonds. The Hall–Kier alpha value is -2.68. The van der Waals surface area contributed by atoms with E-state index in [0.717, 1.165) is 16.3 Å². The molecule has 136 valence electrons. The van der Waals surface area contributed by atoms with Gasteiger partial charge in [0, 0.05) is 5.38 Å². The van der Waals surface area contributed by atoms with Gasteiger partial charge in [-0.25, -0.2) is 9.67 Å². The van der Waals surface area contributed by atoms with Gasteiger partial charge >= 0.3 is 0 Å². The Balaban J connectivity index is 1.56. The molecule has 0 spiro atoms. The third kappa shape index (κ3) is 3.73. The van der Waals surface area contributed by atoms with E-state index in [4.69, 9.17) is 16.3 Å². The van der Waals surface area contributed by atoms with Gasteiger partial charge in [-0.05, 0) is 24.3 Å². The van der Waals surface area contributed by atoms with Gasteiger partial charge in [-0.3, -0.25) is 10.1 Å². The summed E-state index contributed by atoms with van der Waals surface area (Å²) in [5.74, 6) is 0.00446. The molecule has 3 aromatic heterocycles. The molecule has 9 heteroatoms. The Morgan fingerprint density at radius 2 is 2.04 bits per heavy atom. The van der Waals surface area contributed by atoms with Gasteiger partial charge in [-0.1, -0.05) is 29.8 Å². The van der Waals surface area contributed by atoms with Crippen LogP contribution in [0.15, 0.2) is 54.0 Å². The van der Waals surface area contributed by atoms with Crippen molar-refractivity contribution in [2.24, 2.45) is 0 Å². The van der Waals surface area contributed by atoms with Crippen molar-refractivity contribution >= 4 is 45.3 Å². The van der Waals surface area contributed by atoms with Crippen LogP contribution in [-0.4, -0.2) is 27.8 Å². The second-order valence-electron chi connectivity index (χ2n) is 5.42. The minimum Gasteiger partial charge on any atom is -0.493 e. The minimum atomic E-state index is -0.383. The van der Waals surface area contributed by atoms with Gasteiger partial charge in [0.25, 0.3) is 5.91 Å². The molecule has 4 rings (SSSR count). The number of para-hydroxylation sites is 1. The van der Waals surface area contributed by atoms with Crippen molar-refractivity contribution in [3.63, 3.8) is 0 Å². The van der Waals surface area contributed by atoms with E-state index in [0.29, 0.717) is 15.2 Å². The fourth-order valence-electron chi connectivity index (χ4n) is 2.43. The first kappa shape index (κ1) is 17.7. The van der Waals surface area contributed by atoms with Crippen LogP contribution in [0.5, 0.6) is 5.75 Å². The van der Waals surface area contributed by atoms with Gasteiger partial charge in [-0.15, -0.1) is 22.7 Å². The van der Waals surface area contributed by atoms with Crippen molar-refractivity contribution in [3.05, 3.63) is 64.1 Å². The zero-order valence-corrected chi connectivity index (χ0v) is 16.4. The zero-order valence-electron chi connectivity index (χ0n) is 14.0. The number of aromatic nitrogens is 3. The van der Waals surface area contributed by atoms with E-state index in [-0.39, 0.29) is 11.6 Å². The summed E-state index contributed by atoms with van der Waals surface area (Å²) < 4.78 is 7.61. The lowest BCUT2D eigenvalue weighted by Gasteiger charge is -2.01. The van der Waals surface area contributed by atoms with E-state index in [1.165, 1.54) is 29.8 Å². The SMILES string of the molecule is COc1cn(-c2ccccc2)nc1C(=O)Nc1nc(-c2ccc(Cl)s2)cs1. The predicted octanol–water partition coefficient (Wildman–Crippen LogP) is 4.97. The van der Waals surface area contributed by atoms with E-state index in [2.05, 4.69) is 15.4 Å². The van der Waals surface area contributed by atoms with Crippen LogP contribution >= 0.6 is 34.3 Å². The number of hydrogen-bond donors (Lipinski definition) is 1. The first-order valence-corrected chi connectivity index (χ1v) is 9.93. The van der Waals surface area contributed by atoms with E-state index in [9.17, 15) is 4.79 Å². The maximum atomic E-state index is 12.7. The summed E-state index contributed by atoms with van der Waals surface area (Å²) in [6.07, 6.45) is 1.67. The molecule has 0 aliphatic heterocycles. The highest BCUT2D eigenvalue weighted by molar-refractivity contribution is 7.20. The van der Waals surface area contributed by atoms with Crippen LogP contribution in [-0.2, 0) is 0 Å². The number of thiophene rings is 1. The third-order valence-corrected chi connectivity index (χ3v) is 5.70. The fraction of sp³-hybridized carbons (Fsp3) is 0.0556. The number of thiazole rings is 1. The van der Waals surface area contributed by atoms with Crippen LogP contribution in [0.4, 0.5) is 5.13 Å². The average Bonchev–Trinajstić information content (AvgIpc) is 3.41. The molecule has 0 saturated heterocycles. The van der Waals surface area contributed by atoms with Crippen molar-refractivity contribution in [2.75, 3.05) is 12.4 Å². The molecule has 0 bridgehead atoms. The third-order valence-electron chi connectivity index (χ3n) is 3.69. The Morgan fingerprint density at radius 1 is 1.22 bits per heavy atom. The topological polar surface area (TPSA) is 69.0 Å². The average molecular weight is 417 g/mol. The maximum Gasteiger partial charge on any atom is 0.281 e. The van der Waals surface area contributed by atoms with Crippen LogP contribution in [0.2, 0.25) is 4.34 Å². The standard InChI is InChI=1S/C18H13ClN4O2S2/c1-25-13-9-23(11-5-3-2-4-6-11)22-16(13)17(24)21-18-20-12(10-26-18)14-7-8-15(19)27-14/h2-10H,1H3,(H,20,21,24). The molecule has 0 unspecified atom stereocenters. The molecule has 0 aliphatic carbocycles. The van der Waals surface area contributed by atoms with Crippen LogP contribution < -0.4 is 10.1 Å². The van der Waals surface area contributed by atoms with Crippen molar-refractivity contribution in [2.45, 2.75) is 0 Å². The number of methoxy groups -OCH3 is 1. The molecule has 3 heterocycles. The van der Waals surface area contributed by atoms with E-state index in [1.54, 1.807) is 10.9 Å². The quantitative estimate of drug-likeness (QED) is 0.498. The van der Waals surface area contributed by atoms with Gasteiger partial charge in [-0.2, -0.15) is 5.10 Å². The zero-order chi connectivity index (χ0) is 18.8. The van der Waals surface area contributed by atoms with Gasteiger partial charge < -0.3 is 4.74 Å². The predicted molar refractivity (Wildman–Crippen MR) is 109 cm³/mol. The van der Waals surface area contributed by atoms with Crippen LogP contribution in [0, 0.1) is 0 Å². The lowest BCUT2D eigenvalue weighted by Crippen LogP contribution is -2.14. The van der Waals surface area contributed by atoms with Gasteiger partial charge in [0.15, 0.2) is 16.6 Å². The smallest absolute Gasteiger partial charge is 0.281 e. The van der Waals surface area contributed by atoms with Gasteiger partial charge in [0.05, 0.1) is 33.9 Å². The molecule has 6 nitrogen and oxygen atoms in total. The highest BCUT2D eigenvalue weighted by Gasteiger charge is 2.20. The second kappa shape index (κ2) is 7.51. The lowest BCUT2D eigenvalue weighted by molar-refractivity contribution is 0.101. The Labute approximate surface area is 168 Å². The molecular weight excluding hydrogens is 404 g/mol. The Bertz CT molecular complexity index is 1090. The van der Waals surface area contributed by atoms with Crippen molar-refractivity contribution in [3.8, 4) is 22.0 Å². The molecule has 0 aliphatic rings. The van der Waals surface area contributed by atoms with Crippen LogP contribution in [0.25, 0.3) is 16.3 Å². The summed E-state index contributed by atoms with van der Waals surface area (Å²) in [5.41, 5.74) is 1.80. The molecular formula is C18H13ClN4O2S2. The van der Waals surface area contributed by atoms with Gasteiger partial charge in [0.1, 0.15) is 0 Å². The number of rotatable bonds is 5. The number of carbonyl (C=O) groups is 1. The molecule has 0 fully saturated rings. The summed E-state index contributed by atoms with van der Waals surface area (Å²) in [4.78, 5) is 18.1. The summed E-state index contributed by atoms with van der Waals surface area (Å²) in [6.45, 7) is 0. The highest BCUT2D eigenvalue weighted by atomic mass is 35.5. The molecule has 1 aromatic carbocycles. The molecule has 4 aromatic rings. The molecule has 0 atom stereocenters. The molecule has 0 saturated carbocycles. The van der Waals surface area contributed by atoms with E-state index >= 15 is 0 Å². The summed E-state index contributed by atoms with van der Waals surface area (Å²) in [6, 6.07) is 13.2. The Kier molecular flexibility index (Phi) is 4.93. The summed E-state index contributed by atoms with van der Waals surface area (Å²) in [7, 11) is 1.51. The number of hydrogen-bond acceptors (Lipinski definition) is 6. The van der Waals surface area contributed by atoms with E-state index < -0.39 is 0 Å². The van der Waals surface area contributed by atoms with Crippen LogP contribution in [0.3, 0.4) is 0 Å². The number of nitrogens with one attached hydrogen (secondary N) is 1.